The molecule has 0 aliphatic heterocycles. The molecule has 0 radical (unpaired) electrons. The summed E-state index contributed by atoms with van der Waals surface area (Å²) in [4.78, 5) is 22.2. The van der Waals surface area contributed by atoms with Crippen LogP contribution in [0.15, 0.2) is 83.2 Å². The predicted molar refractivity (Wildman–Crippen MR) is 174 cm³/mol. The summed E-state index contributed by atoms with van der Waals surface area (Å²) in [5.41, 5.74) is 4.85. The number of nitrogens with zero attached hydrogens (tertiary/aromatic N) is 3. The number of nitrogens with one attached hydrogen (secondary N) is 1. The highest BCUT2D eigenvalue weighted by Gasteiger charge is 2.21. The van der Waals surface area contributed by atoms with E-state index < -0.39 is 0 Å². The number of methoxy groups -OCH3 is 2. The average Bonchev–Trinajstić information content (AvgIpc) is 3.50. The Morgan fingerprint density at radius 1 is 0.930 bits per heavy atom. The van der Waals surface area contributed by atoms with E-state index >= 15 is 0 Å². The lowest BCUT2D eigenvalue weighted by Crippen LogP contribution is -2.12. The smallest absolute Gasteiger partial charge is 0.226 e. The van der Waals surface area contributed by atoms with Gasteiger partial charge in [0.2, 0.25) is 5.91 Å². The molecule has 0 bridgehead atoms. The van der Waals surface area contributed by atoms with Crippen LogP contribution in [-0.2, 0) is 4.79 Å². The van der Waals surface area contributed by atoms with Crippen LogP contribution in [0, 0.1) is 11.3 Å². The van der Waals surface area contributed by atoms with Gasteiger partial charge in [0.05, 0.1) is 41.2 Å². The van der Waals surface area contributed by atoms with Gasteiger partial charge in [-0.2, -0.15) is 5.26 Å². The van der Waals surface area contributed by atoms with Crippen LogP contribution in [0.4, 0.5) is 5.13 Å². The maximum absolute atomic E-state index is 12.8. The molecule has 0 spiro atoms. The number of benzene rings is 3. The van der Waals surface area contributed by atoms with Crippen molar-refractivity contribution < 1.29 is 14.3 Å². The number of thiazole rings is 1. The molecule has 0 saturated carbocycles. The third-order valence-electron chi connectivity index (χ3n) is 6.39. The first kappa shape index (κ1) is 30.4. The molecule has 216 valence electrons. The Labute approximate surface area is 267 Å². The van der Waals surface area contributed by atoms with Crippen molar-refractivity contribution in [3.8, 4) is 51.2 Å². The average molecular weight is 648 g/mol. The van der Waals surface area contributed by atoms with Gasteiger partial charge in [-0.25, -0.2) is 9.97 Å². The molecule has 5 aromatic rings. The molecular weight excluding hydrogens is 623 g/mol. The molecule has 0 unspecified atom stereocenters. The Morgan fingerprint density at radius 2 is 1.74 bits per heavy atom. The first-order valence-electron chi connectivity index (χ1n) is 13.0. The summed E-state index contributed by atoms with van der Waals surface area (Å²) in [5.74, 6) is 1.27. The highest BCUT2D eigenvalue weighted by Crippen LogP contribution is 2.42. The fraction of sp³-hybridized carbons (Fsp3) is 0.125. The van der Waals surface area contributed by atoms with Crippen molar-refractivity contribution in [2.24, 2.45) is 0 Å². The van der Waals surface area contributed by atoms with Crippen LogP contribution in [0.3, 0.4) is 0 Å². The Bertz CT molecular complexity index is 1820. The van der Waals surface area contributed by atoms with Gasteiger partial charge in [0.25, 0.3) is 0 Å². The van der Waals surface area contributed by atoms with Crippen LogP contribution in [0.25, 0.3) is 33.6 Å². The maximum Gasteiger partial charge on any atom is 0.226 e. The molecule has 11 heteroatoms. The minimum atomic E-state index is -0.199. The van der Waals surface area contributed by atoms with Crippen molar-refractivity contribution >= 4 is 57.3 Å². The van der Waals surface area contributed by atoms with E-state index in [0.29, 0.717) is 65.5 Å². The highest BCUT2D eigenvalue weighted by molar-refractivity contribution is 7.99. The third-order valence-corrected chi connectivity index (χ3v) is 8.87. The minimum absolute atomic E-state index is 0.187. The van der Waals surface area contributed by atoms with E-state index in [1.54, 1.807) is 32.4 Å². The van der Waals surface area contributed by atoms with Crippen molar-refractivity contribution in [2.75, 3.05) is 25.3 Å². The van der Waals surface area contributed by atoms with Crippen LogP contribution in [-0.4, -0.2) is 35.8 Å². The molecule has 1 amide bonds. The molecule has 2 aromatic heterocycles. The van der Waals surface area contributed by atoms with Gasteiger partial charge in [-0.05, 0) is 24.3 Å². The van der Waals surface area contributed by atoms with Crippen molar-refractivity contribution in [1.82, 2.24) is 9.97 Å². The SMILES string of the molecule is COc1cccc(-c2cc(-c3ccccc3)nc(SCCC(=O)Nc3nc(-c4ccc(Cl)c(Cl)c4)cs3)c2C#N)c1OC. The number of para-hydroxylation sites is 1. The van der Waals surface area contributed by atoms with E-state index in [1.165, 1.54) is 23.1 Å². The summed E-state index contributed by atoms with van der Waals surface area (Å²) in [5, 5.41) is 16.9. The van der Waals surface area contributed by atoms with E-state index in [9.17, 15) is 10.1 Å². The number of halogens is 2. The largest absolute Gasteiger partial charge is 0.493 e. The van der Waals surface area contributed by atoms with Crippen LogP contribution in [0.2, 0.25) is 10.0 Å². The van der Waals surface area contributed by atoms with E-state index in [1.807, 2.05) is 60.0 Å². The number of hydrogen-bond donors (Lipinski definition) is 1. The molecular formula is C32H24Cl2N4O3S2. The molecule has 0 saturated heterocycles. The lowest BCUT2D eigenvalue weighted by molar-refractivity contribution is -0.115. The van der Waals surface area contributed by atoms with Gasteiger partial charge in [-0.1, -0.05) is 71.7 Å². The van der Waals surface area contributed by atoms with Gasteiger partial charge in [0.15, 0.2) is 16.6 Å². The summed E-state index contributed by atoms with van der Waals surface area (Å²) >= 11 is 14.8. The molecule has 2 heterocycles. The predicted octanol–water partition coefficient (Wildman–Crippen LogP) is 8.86. The zero-order valence-electron chi connectivity index (χ0n) is 23.1. The Balaban J connectivity index is 1.37. The van der Waals surface area contributed by atoms with Crippen LogP contribution < -0.4 is 14.8 Å². The van der Waals surface area contributed by atoms with Crippen LogP contribution >= 0.6 is 46.3 Å². The number of carbonyl (C=O) groups is 1. The topological polar surface area (TPSA) is 97.1 Å². The van der Waals surface area contributed by atoms with E-state index in [-0.39, 0.29) is 12.3 Å². The summed E-state index contributed by atoms with van der Waals surface area (Å²) in [7, 11) is 3.14. The fourth-order valence-electron chi connectivity index (χ4n) is 4.34. The monoisotopic (exact) mass is 646 g/mol. The fourth-order valence-corrected chi connectivity index (χ4v) is 6.32. The minimum Gasteiger partial charge on any atom is -0.493 e. The van der Waals surface area contributed by atoms with Gasteiger partial charge in [0, 0.05) is 39.8 Å². The Morgan fingerprint density at radius 3 is 2.47 bits per heavy atom. The van der Waals surface area contributed by atoms with Gasteiger partial charge in [0.1, 0.15) is 11.1 Å². The number of ether oxygens (including phenoxy) is 2. The number of amides is 1. The van der Waals surface area contributed by atoms with E-state index in [0.717, 1.165) is 11.1 Å². The number of aromatic nitrogens is 2. The standard InChI is InChI=1S/C32H24Cl2N4O3S2/c1-40-28-10-6-9-21(30(28)41-2)22-16-26(19-7-4-3-5-8-19)36-31(23(22)17-35)42-14-13-29(39)38-32-37-27(18-43-32)20-11-12-24(33)25(34)15-20/h3-12,15-16,18H,13-14H2,1-2H3,(H,37,38,39). The van der Waals surface area contributed by atoms with Crippen molar-refractivity contribution in [1.29, 1.82) is 5.26 Å². The van der Waals surface area contributed by atoms with Crippen molar-refractivity contribution in [3.63, 3.8) is 0 Å². The molecule has 0 fully saturated rings. The second-order valence-corrected chi connectivity index (χ2v) is 11.8. The number of anilines is 1. The summed E-state index contributed by atoms with van der Waals surface area (Å²) in [6.45, 7) is 0. The zero-order chi connectivity index (χ0) is 30.3. The van der Waals surface area contributed by atoms with Gasteiger partial charge >= 0.3 is 0 Å². The Kier molecular flexibility index (Phi) is 9.85. The molecule has 43 heavy (non-hydrogen) atoms. The molecule has 3 aromatic carbocycles. The zero-order valence-corrected chi connectivity index (χ0v) is 26.2. The molecule has 7 nitrogen and oxygen atoms in total. The normalized spacial score (nSPS) is 10.7. The number of nitriles is 1. The molecule has 1 N–H and O–H groups in total. The summed E-state index contributed by atoms with van der Waals surface area (Å²) in [6.07, 6.45) is 0.187. The number of thioether (sulfide) groups is 1. The second-order valence-electron chi connectivity index (χ2n) is 9.07. The number of carbonyl (C=O) groups excluding carboxylic acids is 1. The first-order chi connectivity index (χ1) is 20.9. The number of hydrogen-bond acceptors (Lipinski definition) is 8. The third kappa shape index (κ3) is 6.95. The van der Waals surface area contributed by atoms with Gasteiger partial charge in [-0.15, -0.1) is 23.1 Å². The molecule has 0 aliphatic carbocycles. The molecule has 5 rings (SSSR count). The lowest BCUT2D eigenvalue weighted by Gasteiger charge is -2.16. The maximum atomic E-state index is 12.8. The van der Waals surface area contributed by atoms with Gasteiger partial charge in [-0.3, -0.25) is 4.79 Å². The van der Waals surface area contributed by atoms with Crippen molar-refractivity contribution in [3.05, 3.63) is 93.8 Å². The number of pyridine rings is 1. The van der Waals surface area contributed by atoms with Crippen molar-refractivity contribution in [2.45, 2.75) is 11.4 Å². The second kappa shape index (κ2) is 13.9. The van der Waals surface area contributed by atoms with Crippen LogP contribution in [0.5, 0.6) is 11.5 Å². The lowest BCUT2D eigenvalue weighted by atomic mass is 9.98. The molecule has 0 aliphatic rings. The number of rotatable bonds is 10. The first-order valence-corrected chi connectivity index (χ1v) is 15.6. The van der Waals surface area contributed by atoms with E-state index in [2.05, 4.69) is 16.4 Å². The van der Waals surface area contributed by atoms with Gasteiger partial charge < -0.3 is 14.8 Å². The van der Waals surface area contributed by atoms with E-state index in [4.69, 9.17) is 37.7 Å². The summed E-state index contributed by atoms with van der Waals surface area (Å²) < 4.78 is 11.2. The van der Waals surface area contributed by atoms with Crippen LogP contribution in [0.1, 0.15) is 12.0 Å². The quantitative estimate of drug-likeness (QED) is 0.151. The Hall–Kier alpha value is -4.07. The summed E-state index contributed by atoms with van der Waals surface area (Å²) in [6, 6.07) is 24.7. The molecule has 0 atom stereocenters. The highest BCUT2D eigenvalue weighted by atomic mass is 35.5.